The van der Waals surface area contributed by atoms with Gasteiger partial charge in [0.05, 0.1) is 5.75 Å². The van der Waals surface area contributed by atoms with E-state index in [1.165, 1.54) is 23.1 Å². The molecular weight excluding hydrogens is 384 g/mol. The van der Waals surface area contributed by atoms with Crippen molar-refractivity contribution in [2.45, 2.75) is 11.3 Å². The monoisotopic (exact) mass is 398 g/mol. The Balaban J connectivity index is 1.83. The largest absolute Gasteiger partial charge is 0.357 e. The predicted octanol–water partition coefficient (Wildman–Crippen LogP) is 3.94. The standard InChI is InChI=1S/C14H15BrN4OS2/c1-3-6-16-13-18-19-14(22-13)21-8-12(20)17-10-4-5-11(15)9(2)7-10/h3-5,7H,1,6,8H2,2H3,(H,16,18)(H,17,20). The van der Waals surface area contributed by atoms with Crippen LogP contribution < -0.4 is 10.6 Å². The van der Waals surface area contributed by atoms with Crippen LogP contribution in [0.5, 0.6) is 0 Å². The highest BCUT2D eigenvalue weighted by atomic mass is 79.9. The van der Waals surface area contributed by atoms with Gasteiger partial charge in [0.15, 0.2) is 4.34 Å². The molecule has 0 atom stereocenters. The first-order valence-electron chi connectivity index (χ1n) is 6.45. The van der Waals surface area contributed by atoms with Gasteiger partial charge >= 0.3 is 0 Å². The number of anilines is 2. The Hall–Kier alpha value is -1.38. The number of hydrogen-bond donors (Lipinski definition) is 2. The van der Waals surface area contributed by atoms with Crippen LogP contribution >= 0.6 is 39.0 Å². The van der Waals surface area contributed by atoms with Crippen molar-refractivity contribution in [1.29, 1.82) is 0 Å². The van der Waals surface area contributed by atoms with Crippen molar-refractivity contribution >= 4 is 55.8 Å². The molecule has 1 aromatic heterocycles. The van der Waals surface area contributed by atoms with Crippen LogP contribution in [0.1, 0.15) is 5.56 Å². The third-order valence-corrected chi connectivity index (χ3v) is 5.48. The Bertz CT molecular complexity index is 675. The lowest BCUT2D eigenvalue weighted by Gasteiger charge is -2.06. The summed E-state index contributed by atoms with van der Waals surface area (Å²) in [6.07, 6.45) is 1.75. The summed E-state index contributed by atoms with van der Waals surface area (Å²) >= 11 is 6.22. The molecule has 0 radical (unpaired) electrons. The highest BCUT2D eigenvalue weighted by Crippen LogP contribution is 2.25. The average molecular weight is 399 g/mol. The van der Waals surface area contributed by atoms with Crippen LogP contribution in [-0.2, 0) is 4.79 Å². The van der Waals surface area contributed by atoms with E-state index in [1.54, 1.807) is 6.08 Å². The lowest BCUT2D eigenvalue weighted by molar-refractivity contribution is -0.113. The Morgan fingerprint density at radius 2 is 2.32 bits per heavy atom. The predicted molar refractivity (Wildman–Crippen MR) is 96.8 cm³/mol. The van der Waals surface area contributed by atoms with Gasteiger partial charge in [-0.1, -0.05) is 45.1 Å². The van der Waals surface area contributed by atoms with Crippen molar-refractivity contribution in [3.8, 4) is 0 Å². The Labute approximate surface area is 145 Å². The van der Waals surface area contributed by atoms with Crippen LogP contribution in [0.3, 0.4) is 0 Å². The molecule has 0 spiro atoms. The molecule has 5 nitrogen and oxygen atoms in total. The van der Waals surface area contributed by atoms with Crippen LogP contribution in [0.15, 0.2) is 39.7 Å². The van der Waals surface area contributed by atoms with E-state index in [0.717, 1.165) is 25.2 Å². The molecule has 0 saturated carbocycles. The molecule has 22 heavy (non-hydrogen) atoms. The number of hydrogen-bond acceptors (Lipinski definition) is 6. The molecule has 116 valence electrons. The summed E-state index contributed by atoms with van der Waals surface area (Å²) in [5.74, 6) is 0.230. The highest BCUT2D eigenvalue weighted by Gasteiger charge is 2.08. The van der Waals surface area contributed by atoms with E-state index in [0.29, 0.717) is 12.3 Å². The first-order valence-corrected chi connectivity index (χ1v) is 9.05. The number of carbonyl (C=O) groups excluding carboxylic acids is 1. The van der Waals surface area contributed by atoms with Crippen LogP contribution in [0.25, 0.3) is 0 Å². The molecule has 0 aliphatic carbocycles. The summed E-state index contributed by atoms with van der Waals surface area (Å²) in [4.78, 5) is 11.9. The molecule has 8 heteroatoms. The number of carbonyl (C=O) groups is 1. The van der Waals surface area contributed by atoms with Gasteiger partial charge < -0.3 is 10.6 Å². The lowest BCUT2D eigenvalue weighted by Crippen LogP contribution is -2.14. The fraction of sp³-hybridized carbons (Fsp3) is 0.214. The number of aryl methyl sites for hydroxylation is 1. The maximum atomic E-state index is 11.9. The van der Waals surface area contributed by atoms with E-state index in [2.05, 4.69) is 43.3 Å². The molecular formula is C14H15BrN4OS2. The number of halogens is 1. The molecule has 1 aromatic carbocycles. The zero-order valence-corrected chi connectivity index (χ0v) is 15.1. The van der Waals surface area contributed by atoms with Crippen molar-refractivity contribution in [3.63, 3.8) is 0 Å². The number of rotatable bonds is 7. The average Bonchev–Trinajstić information content (AvgIpc) is 2.95. The van der Waals surface area contributed by atoms with Crippen molar-refractivity contribution in [3.05, 3.63) is 40.9 Å². The first kappa shape index (κ1) is 17.0. The van der Waals surface area contributed by atoms with Crippen molar-refractivity contribution in [2.24, 2.45) is 0 Å². The number of benzene rings is 1. The second kappa shape index (κ2) is 8.30. The molecule has 0 saturated heterocycles. The molecule has 0 aliphatic heterocycles. The molecule has 2 aromatic rings. The van der Waals surface area contributed by atoms with E-state index in [-0.39, 0.29) is 5.91 Å². The van der Waals surface area contributed by atoms with Crippen LogP contribution in [0, 0.1) is 6.92 Å². The van der Waals surface area contributed by atoms with E-state index in [9.17, 15) is 4.79 Å². The summed E-state index contributed by atoms with van der Waals surface area (Å²) < 4.78 is 1.78. The number of aromatic nitrogens is 2. The first-order chi connectivity index (χ1) is 10.6. The second-order valence-corrected chi connectivity index (χ2v) is 7.40. The van der Waals surface area contributed by atoms with E-state index >= 15 is 0 Å². The topological polar surface area (TPSA) is 66.9 Å². The number of amides is 1. The molecule has 0 fully saturated rings. The zero-order chi connectivity index (χ0) is 15.9. The van der Waals surface area contributed by atoms with Crippen molar-refractivity contribution in [1.82, 2.24) is 10.2 Å². The van der Waals surface area contributed by atoms with Crippen molar-refractivity contribution < 1.29 is 4.79 Å². The van der Waals surface area contributed by atoms with Gasteiger partial charge in [0, 0.05) is 16.7 Å². The summed E-state index contributed by atoms with van der Waals surface area (Å²) in [5.41, 5.74) is 1.87. The number of nitrogens with zero attached hydrogens (tertiary/aromatic N) is 2. The maximum absolute atomic E-state index is 11.9. The lowest BCUT2D eigenvalue weighted by atomic mass is 10.2. The van der Waals surface area contributed by atoms with Crippen LogP contribution in [0.2, 0.25) is 0 Å². The Morgan fingerprint density at radius 1 is 1.50 bits per heavy atom. The van der Waals surface area contributed by atoms with Gasteiger partial charge in [-0.3, -0.25) is 4.79 Å². The third kappa shape index (κ3) is 5.11. The Kier molecular flexibility index (Phi) is 6.41. The summed E-state index contributed by atoms with van der Waals surface area (Å²) in [6.45, 7) is 6.25. The van der Waals surface area contributed by atoms with Gasteiger partial charge in [0.2, 0.25) is 11.0 Å². The molecule has 1 amide bonds. The summed E-state index contributed by atoms with van der Waals surface area (Å²) in [6, 6.07) is 5.71. The SMILES string of the molecule is C=CCNc1nnc(SCC(=O)Nc2ccc(Br)c(C)c2)s1. The van der Waals surface area contributed by atoms with E-state index in [1.807, 2.05) is 25.1 Å². The molecule has 0 unspecified atom stereocenters. The third-order valence-electron chi connectivity index (χ3n) is 2.57. The maximum Gasteiger partial charge on any atom is 0.234 e. The zero-order valence-electron chi connectivity index (χ0n) is 11.9. The van der Waals surface area contributed by atoms with Gasteiger partial charge in [0.25, 0.3) is 0 Å². The van der Waals surface area contributed by atoms with Gasteiger partial charge in [-0.15, -0.1) is 16.8 Å². The minimum atomic E-state index is -0.0671. The number of thioether (sulfide) groups is 1. The van der Waals surface area contributed by atoms with E-state index in [4.69, 9.17) is 0 Å². The quantitative estimate of drug-likeness (QED) is 0.545. The van der Waals surface area contributed by atoms with Crippen molar-refractivity contribution in [2.75, 3.05) is 22.9 Å². The minimum absolute atomic E-state index is 0.0671. The Morgan fingerprint density at radius 3 is 3.05 bits per heavy atom. The summed E-state index contributed by atoms with van der Waals surface area (Å²) in [7, 11) is 0. The van der Waals surface area contributed by atoms with Gasteiger partial charge in [-0.05, 0) is 30.7 Å². The second-order valence-electron chi connectivity index (χ2n) is 4.34. The molecule has 2 N–H and O–H groups in total. The molecule has 2 rings (SSSR count). The fourth-order valence-electron chi connectivity index (χ4n) is 1.55. The fourth-order valence-corrected chi connectivity index (χ4v) is 3.35. The molecule has 0 aliphatic rings. The number of nitrogens with one attached hydrogen (secondary N) is 2. The van der Waals surface area contributed by atoms with Gasteiger partial charge in [-0.25, -0.2) is 0 Å². The van der Waals surface area contributed by atoms with Crippen LogP contribution in [-0.4, -0.2) is 28.4 Å². The molecule has 0 bridgehead atoms. The smallest absolute Gasteiger partial charge is 0.234 e. The molecule has 1 heterocycles. The van der Waals surface area contributed by atoms with Gasteiger partial charge in [0.1, 0.15) is 0 Å². The van der Waals surface area contributed by atoms with Crippen LogP contribution in [0.4, 0.5) is 10.8 Å². The van der Waals surface area contributed by atoms with Gasteiger partial charge in [-0.2, -0.15) is 0 Å². The highest BCUT2D eigenvalue weighted by molar-refractivity contribution is 9.10. The summed E-state index contributed by atoms with van der Waals surface area (Å²) in [5, 5.41) is 14.7. The minimum Gasteiger partial charge on any atom is -0.357 e. The normalized spacial score (nSPS) is 10.3. The van der Waals surface area contributed by atoms with E-state index < -0.39 is 0 Å².